The molecule has 1 aliphatic rings. The van der Waals surface area contributed by atoms with Crippen LogP contribution < -0.4 is 0 Å². The molecule has 8 nitrogen and oxygen atoms in total. The Balaban J connectivity index is 2.34. The lowest BCUT2D eigenvalue weighted by molar-refractivity contribution is -0.260. The van der Waals surface area contributed by atoms with Crippen LogP contribution in [-0.4, -0.2) is 29.0 Å². The number of carbonyl (C=O) groups excluding carboxylic acids is 4. The number of rotatable bonds is 7. The fourth-order valence-electron chi connectivity index (χ4n) is 2.02. The molecule has 1 rings (SSSR count). The molecule has 0 bridgehead atoms. The fourth-order valence-corrected chi connectivity index (χ4v) is 2.02. The summed E-state index contributed by atoms with van der Waals surface area (Å²) in [6.45, 7) is 3.89. The van der Waals surface area contributed by atoms with E-state index in [0.717, 1.165) is 19.3 Å². The van der Waals surface area contributed by atoms with Crippen molar-refractivity contribution in [2.75, 3.05) is 0 Å². The highest BCUT2D eigenvalue weighted by Gasteiger charge is 2.34. The van der Waals surface area contributed by atoms with E-state index in [-0.39, 0.29) is 18.8 Å². The largest absolute Gasteiger partial charge is 0.576 e. The normalized spacial score (nSPS) is 15.6. The third-order valence-electron chi connectivity index (χ3n) is 3.35. The van der Waals surface area contributed by atoms with Crippen LogP contribution >= 0.6 is 0 Å². The number of carbonyl (C=O) groups is 4. The van der Waals surface area contributed by atoms with Gasteiger partial charge in [-0.15, -0.1) is 0 Å². The summed E-state index contributed by atoms with van der Waals surface area (Å²) < 4.78 is 0. The van der Waals surface area contributed by atoms with E-state index in [9.17, 15) is 19.2 Å². The average Bonchev–Trinajstić information content (AvgIpc) is 2.81. The summed E-state index contributed by atoms with van der Waals surface area (Å²) in [5, 5.41) is 0.314. The first-order chi connectivity index (χ1) is 10.5. The Hall–Kier alpha value is -2.12. The molecule has 0 aromatic heterocycles. The summed E-state index contributed by atoms with van der Waals surface area (Å²) in [6.07, 6.45) is 2.64. The minimum atomic E-state index is -1.43. The van der Waals surface area contributed by atoms with Gasteiger partial charge in [-0.05, 0) is 12.8 Å². The van der Waals surface area contributed by atoms with Crippen molar-refractivity contribution in [1.29, 1.82) is 0 Å². The molecule has 0 N–H and O–H groups in total. The van der Waals surface area contributed by atoms with Crippen molar-refractivity contribution < 1.29 is 33.8 Å². The topological polar surface area (TPSA) is 99.2 Å². The van der Waals surface area contributed by atoms with Crippen LogP contribution in [0.4, 0.5) is 4.79 Å². The third kappa shape index (κ3) is 5.34. The summed E-state index contributed by atoms with van der Waals surface area (Å²) in [6, 6.07) is 0. The van der Waals surface area contributed by atoms with Crippen LogP contribution in [0.5, 0.6) is 0 Å². The van der Waals surface area contributed by atoms with Crippen molar-refractivity contribution in [1.82, 2.24) is 5.06 Å². The molecule has 1 atom stereocenters. The smallest absolute Gasteiger partial charge is 0.292 e. The highest BCUT2D eigenvalue weighted by Crippen LogP contribution is 2.16. The molecule has 22 heavy (non-hydrogen) atoms. The monoisotopic (exact) mass is 315 g/mol. The van der Waals surface area contributed by atoms with Gasteiger partial charge in [0, 0.05) is 12.8 Å². The molecule has 0 aromatic rings. The molecule has 0 saturated carbocycles. The van der Waals surface area contributed by atoms with Crippen LogP contribution in [0.15, 0.2) is 0 Å². The maximum atomic E-state index is 11.7. The van der Waals surface area contributed by atoms with Gasteiger partial charge >= 0.3 is 12.1 Å². The molecule has 1 heterocycles. The van der Waals surface area contributed by atoms with Gasteiger partial charge in [0.1, 0.15) is 0 Å². The Morgan fingerprint density at radius 1 is 1.09 bits per heavy atom. The molecule has 124 valence electrons. The van der Waals surface area contributed by atoms with Gasteiger partial charge < -0.3 is 0 Å². The molecule has 1 fully saturated rings. The van der Waals surface area contributed by atoms with Gasteiger partial charge in [0.05, 0.1) is 5.92 Å². The molecule has 2 amide bonds. The number of amides is 2. The number of hydrogen-bond acceptors (Lipinski definition) is 7. The first kappa shape index (κ1) is 17.9. The lowest BCUT2D eigenvalue weighted by Crippen LogP contribution is -2.33. The zero-order valence-corrected chi connectivity index (χ0v) is 12.8. The van der Waals surface area contributed by atoms with Gasteiger partial charge in [-0.3, -0.25) is 14.4 Å². The van der Waals surface area contributed by atoms with Crippen molar-refractivity contribution in [2.45, 2.75) is 58.8 Å². The van der Waals surface area contributed by atoms with E-state index in [4.69, 9.17) is 0 Å². The van der Waals surface area contributed by atoms with E-state index in [1.54, 1.807) is 0 Å². The van der Waals surface area contributed by atoms with Crippen molar-refractivity contribution >= 4 is 23.9 Å². The Kier molecular flexibility index (Phi) is 7.34. The summed E-state index contributed by atoms with van der Waals surface area (Å²) in [4.78, 5) is 58.5. The van der Waals surface area contributed by atoms with Crippen LogP contribution in [0.25, 0.3) is 0 Å². The second-order valence-corrected chi connectivity index (χ2v) is 5.01. The lowest BCUT2D eigenvalue weighted by Gasteiger charge is -2.13. The Bertz CT molecular complexity index is 419. The molecule has 1 saturated heterocycles. The lowest BCUT2D eigenvalue weighted by atomic mass is 9.99. The first-order valence-corrected chi connectivity index (χ1v) is 7.45. The number of unbranched alkanes of at least 4 members (excludes halogenated alkanes) is 2. The van der Waals surface area contributed by atoms with Gasteiger partial charge in [0.25, 0.3) is 11.8 Å². The molecule has 1 unspecified atom stereocenters. The minimum Gasteiger partial charge on any atom is -0.292 e. The van der Waals surface area contributed by atoms with Gasteiger partial charge in [0.15, 0.2) is 0 Å². The molecule has 0 spiro atoms. The van der Waals surface area contributed by atoms with E-state index < -0.39 is 23.9 Å². The van der Waals surface area contributed by atoms with E-state index in [2.05, 4.69) is 21.5 Å². The van der Waals surface area contributed by atoms with Crippen LogP contribution in [0.3, 0.4) is 0 Å². The second kappa shape index (κ2) is 9.01. The second-order valence-electron chi connectivity index (χ2n) is 5.01. The van der Waals surface area contributed by atoms with Crippen LogP contribution in [0, 0.1) is 5.92 Å². The number of hydrogen-bond donors (Lipinski definition) is 0. The van der Waals surface area contributed by atoms with Gasteiger partial charge in [-0.2, -0.15) is 4.79 Å². The standard InChI is InChI=1S/C14H21NO7/c1-3-5-6-7-10(4-2)13(18)21-22-14(19)20-15-11(16)8-9-12(15)17/h10H,3-9H2,1-2H3. The highest BCUT2D eigenvalue weighted by molar-refractivity contribution is 6.01. The van der Waals surface area contributed by atoms with E-state index in [0.29, 0.717) is 17.9 Å². The Labute approximate surface area is 128 Å². The van der Waals surface area contributed by atoms with Gasteiger partial charge in [-0.25, -0.2) is 14.6 Å². The molecule has 8 heteroatoms. The maximum absolute atomic E-state index is 11.7. The minimum absolute atomic E-state index is 0.0265. The highest BCUT2D eigenvalue weighted by atomic mass is 17.2. The van der Waals surface area contributed by atoms with Crippen LogP contribution in [0.1, 0.15) is 58.8 Å². The zero-order valence-electron chi connectivity index (χ0n) is 12.8. The maximum Gasteiger partial charge on any atom is 0.576 e. The average molecular weight is 315 g/mol. The van der Waals surface area contributed by atoms with Crippen LogP contribution in [0.2, 0.25) is 0 Å². The predicted molar refractivity (Wildman–Crippen MR) is 72.7 cm³/mol. The summed E-state index contributed by atoms with van der Waals surface area (Å²) in [5.41, 5.74) is 0. The molecule has 0 aromatic carbocycles. The number of hydroxylamine groups is 2. The van der Waals surface area contributed by atoms with Gasteiger partial charge in [-0.1, -0.05) is 38.2 Å². The Morgan fingerprint density at radius 3 is 2.27 bits per heavy atom. The van der Waals surface area contributed by atoms with E-state index in [1.165, 1.54) is 0 Å². The van der Waals surface area contributed by atoms with E-state index >= 15 is 0 Å². The molecule has 1 aliphatic heterocycles. The predicted octanol–water partition coefficient (Wildman–Crippen LogP) is 2.27. The van der Waals surface area contributed by atoms with Crippen molar-refractivity contribution in [3.05, 3.63) is 0 Å². The van der Waals surface area contributed by atoms with Crippen molar-refractivity contribution in [2.24, 2.45) is 5.92 Å². The van der Waals surface area contributed by atoms with Crippen molar-refractivity contribution in [3.8, 4) is 0 Å². The molecular weight excluding hydrogens is 294 g/mol. The SMILES string of the molecule is CCCCCC(CC)C(=O)OOC(=O)ON1C(=O)CCC1=O. The first-order valence-electron chi connectivity index (χ1n) is 7.45. The third-order valence-corrected chi connectivity index (χ3v) is 3.35. The fraction of sp³-hybridized carbons (Fsp3) is 0.714. The summed E-state index contributed by atoms with van der Waals surface area (Å²) in [7, 11) is 0. The molecule has 0 radical (unpaired) electrons. The van der Waals surface area contributed by atoms with Crippen molar-refractivity contribution in [3.63, 3.8) is 0 Å². The molecule has 0 aliphatic carbocycles. The van der Waals surface area contributed by atoms with Crippen LogP contribution in [-0.2, 0) is 29.0 Å². The molecular formula is C14H21NO7. The number of imide groups is 1. The summed E-state index contributed by atoms with van der Waals surface area (Å²) in [5.74, 6) is -2.32. The zero-order chi connectivity index (χ0) is 16.5. The summed E-state index contributed by atoms with van der Waals surface area (Å²) >= 11 is 0. The van der Waals surface area contributed by atoms with E-state index in [1.807, 2.05) is 6.92 Å². The number of nitrogens with zero attached hydrogens (tertiary/aromatic N) is 1. The van der Waals surface area contributed by atoms with Gasteiger partial charge in [0.2, 0.25) is 0 Å². The quantitative estimate of drug-likeness (QED) is 0.307. The Morgan fingerprint density at radius 2 is 1.73 bits per heavy atom.